The Hall–Kier alpha value is -2.41. The van der Waals surface area contributed by atoms with E-state index in [2.05, 4.69) is 27.4 Å². The van der Waals surface area contributed by atoms with Crippen LogP contribution < -0.4 is 10.6 Å². The highest BCUT2D eigenvalue weighted by Crippen LogP contribution is 2.35. The molecule has 3 heterocycles. The van der Waals surface area contributed by atoms with E-state index in [9.17, 15) is 4.79 Å². The van der Waals surface area contributed by atoms with Gasteiger partial charge in [0.25, 0.3) is 5.91 Å². The molecule has 1 atom stereocenters. The molecule has 1 saturated carbocycles. The van der Waals surface area contributed by atoms with Crippen molar-refractivity contribution in [1.82, 2.24) is 25.1 Å². The largest absolute Gasteiger partial charge is 0.350 e. The first-order valence-electron chi connectivity index (χ1n) is 12.0. The van der Waals surface area contributed by atoms with E-state index < -0.39 is 0 Å². The molecular formula is C26H32ClN5O. The molecule has 2 N–H and O–H groups in total. The number of hydrogen-bond donors (Lipinski definition) is 2. The van der Waals surface area contributed by atoms with E-state index in [1.807, 2.05) is 47.2 Å². The molecule has 0 unspecified atom stereocenters. The third-order valence-electron chi connectivity index (χ3n) is 7.32. The second-order valence-corrected chi connectivity index (χ2v) is 9.91. The summed E-state index contributed by atoms with van der Waals surface area (Å²) < 4.78 is 1.95. The molecule has 7 heteroatoms. The summed E-state index contributed by atoms with van der Waals surface area (Å²) in [4.78, 5) is 20.7. The van der Waals surface area contributed by atoms with Crippen LogP contribution in [0.15, 0.2) is 48.8 Å². The minimum Gasteiger partial charge on any atom is -0.350 e. The Kier molecular flexibility index (Phi) is 6.41. The Balaban J connectivity index is 1.44. The zero-order valence-corrected chi connectivity index (χ0v) is 19.9. The van der Waals surface area contributed by atoms with Crippen LogP contribution in [-0.4, -0.2) is 58.1 Å². The van der Waals surface area contributed by atoms with Crippen molar-refractivity contribution in [3.63, 3.8) is 0 Å². The van der Waals surface area contributed by atoms with Crippen LogP contribution in [0.3, 0.4) is 0 Å². The quantitative estimate of drug-likeness (QED) is 0.586. The van der Waals surface area contributed by atoms with E-state index in [-0.39, 0.29) is 11.4 Å². The van der Waals surface area contributed by atoms with Gasteiger partial charge >= 0.3 is 0 Å². The summed E-state index contributed by atoms with van der Waals surface area (Å²) in [5.74, 6) is 0.693. The maximum absolute atomic E-state index is 13.6. The summed E-state index contributed by atoms with van der Waals surface area (Å²) in [5.41, 5.74) is 1.52. The minimum atomic E-state index is -0.0732. The standard InChI is InChI=1S/C26H32ClN5O/c1-19-16-31(15-14-28-19)26(11-4-2-5-12-26)18-30-25(33)20-17-32(23-10-3-6-13-29-23)22-9-7-8-21(27)24(20)22/h3,6-10,13,17,19,28H,2,4-5,11-12,14-16,18H2,1H3,(H,30,33)/t19-/m0/s1. The molecule has 3 aromatic rings. The molecule has 1 aliphatic heterocycles. The van der Waals surface area contributed by atoms with E-state index in [0.717, 1.165) is 49.2 Å². The molecule has 1 aliphatic carbocycles. The van der Waals surface area contributed by atoms with Gasteiger partial charge in [-0.3, -0.25) is 9.69 Å². The Morgan fingerprint density at radius 3 is 2.82 bits per heavy atom. The number of piperazine rings is 1. The zero-order chi connectivity index (χ0) is 22.8. The summed E-state index contributed by atoms with van der Waals surface area (Å²) in [6.45, 7) is 5.98. The second-order valence-electron chi connectivity index (χ2n) is 9.50. The van der Waals surface area contributed by atoms with Crippen molar-refractivity contribution in [2.45, 2.75) is 50.6 Å². The number of halogens is 1. The molecule has 0 radical (unpaired) electrons. The predicted octanol–water partition coefficient (Wildman–Crippen LogP) is 4.41. The predicted molar refractivity (Wildman–Crippen MR) is 133 cm³/mol. The number of carbonyl (C=O) groups is 1. The van der Waals surface area contributed by atoms with Crippen LogP contribution in [0.5, 0.6) is 0 Å². The van der Waals surface area contributed by atoms with Gasteiger partial charge in [0.15, 0.2) is 0 Å². The first-order valence-corrected chi connectivity index (χ1v) is 12.4. The Bertz CT molecular complexity index is 1120. The van der Waals surface area contributed by atoms with Crippen LogP contribution in [0, 0.1) is 0 Å². The van der Waals surface area contributed by atoms with E-state index >= 15 is 0 Å². The summed E-state index contributed by atoms with van der Waals surface area (Å²) in [5, 5.41) is 8.22. The first kappa shape index (κ1) is 22.4. The van der Waals surface area contributed by atoms with Crippen molar-refractivity contribution in [2.24, 2.45) is 0 Å². The van der Waals surface area contributed by atoms with Gasteiger partial charge in [0.1, 0.15) is 5.82 Å². The lowest BCUT2D eigenvalue weighted by atomic mass is 9.79. The van der Waals surface area contributed by atoms with Crippen molar-refractivity contribution in [1.29, 1.82) is 0 Å². The highest BCUT2D eigenvalue weighted by atomic mass is 35.5. The molecule has 33 heavy (non-hydrogen) atoms. The lowest BCUT2D eigenvalue weighted by molar-refractivity contribution is 0.0273. The molecule has 2 aliphatic rings. The molecule has 2 aromatic heterocycles. The fourth-order valence-electron chi connectivity index (χ4n) is 5.62. The van der Waals surface area contributed by atoms with Gasteiger partial charge < -0.3 is 15.2 Å². The summed E-state index contributed by atoms with van der Waals surface area (Å²) in [6.07, 6.45) is 9.62. The number of nitrogens with zero attached hydrogens (tertiary/aromatic N) is 3. The van der Waals surface area contributed by atoms with Crippen molar-refractivity contribution in [3.05, 3.63) is 59.4 Å². The molecule has 2 fully saturated rings. The number of benzene rings is 1. The van der Waals surface area contributed by atoms with Crippen molar-refractivity contribution in [3.8, 4) is 5.82 Å². The molecule has 6 nitrogen and oxygen atoms in total. The van der Waals surface area contributed by atoms with E-state index in [1.165, 1.54) is 19.3 Å². The molecule has 1 aromatic carbocycles. The number of nitrogens with one attached hydrogen (secondary N) is 2. The van der Waals surface area contributed by atoms with Gasteiger partial charge in [-0.2, -0.15) is 0 Å². The van der Waals surface area contributed by atoms with Crippen LogP contribution in [-0.2, 0) is 0 Å². The number of aromatic nitrogens is 2. The van der Waals surface area contributed by atoms with Gasteiger partial charge in [-0.05, 0) is 44.0 Å². The molecular weight excluding hydrogens is 434 g/mol. The maximum atomic E-state index is 13.6. The molecule has 0 spiro atoms. The minimum absolute atomic E-state index is 0.0351. The molecule has 0 bridgehead atoms. The number of pyridine rings is 1. The lowest BCUT2D eigenvalue weighted by Gasteiger charge is -2.49. The average molecular weight is 466 g/mol. The van der Waals surface area contributed by atoms with Gasteiger partial charge in [-0.25, -0.2) is 4.98 Å². The van der Waals surface area contributed by atoms with Crippen LogP contribution in [0.25, 0.3) is 16.7 Å². The monoisotopic (exact) mass is 465 g/mol. The summed E-state index contributed by atoms with van der Waals surface area (Å²) >= 11 is 6.59. The normalized spacial score (nSPS) is 21.2. The van der Waals surface area contributed by atoms with Crippen molar-refractivity contribution in [2.75, 3.05) is 26.2 Å². The number of carbonyl (C=O) groups excluding carboxylic acids is 1. The second kappa shape index (κ2) is 9.45. The van der Waals surface area contributed by atoms with Crippen LogP contribution in [0.4, 0.5) is 0 Å². The Morgan fingerprint density at radius 1 is 1.21 bits per heavy atom. The van der Waals surface area contributed by atoms with Crippen LogP contribution in [0.1, 0.15) is 49.4 Å². The van der Waals surface area contributed by atoms with Crippen LogP contribution >= 0.6 is 11.6 Å². The van der Waals surface area contributed by atoms with Gasteiger partial charge in [-0.15, -0.1) is 0 Å². The van der Waals surface area contributed by atoms with E-state index in [0.29, 0.717) is 23.2 Å². The SMILES string of the molecule is C[C@H]1CN(C2(CNC(=O)c3cn(-c4ccccn4)c4cccc(Cl)c34)CCCCC2)CCN1. The van der Waals surface area contributed by atoms with Gasteiger partial charge in [-0.1, -0.05) is 43.0 Å². The average Bonchev–Trinajstić information content (AvgIpc) is 3.25. The topological polar surface area (TPSA) is 62.2 Å². The van der Waals surface area contributed by atoms with E-state index in [1.54, 1.807) is 6.20 Å². The van der Waals surface area contributed by atoms with Gasteiger partial charge in [0.2, 0.25) is 0 Å². The van der Waals surface area contributed by atoms with Crippen molar-refractivity contribution < 1.29 is 4.79 Å². The maximum Gasteiger partial charge on any atom is 0.253 e. The third kappa shape index (κ3) is 4.39. The third-order valence-corrected chi connectivity index (χ3v) is 7.64. The molecule has 1 amide bonds. The number of rotatable bonds is 5. The summed E-state index contributed by atoms with van der Waals surface area (Å²) in [7, 11) is 0. The van der Waals surface area contributed by atoms with Gasteiger partial charge in [0.05, 0.1) is 16.1 Å². The number of fused-ring (bicyclic) bond motifs is 1. The molecule has 5 rings (SSSR count). The zero-order valence-electron chi connectivity index (χ0n) is 19.2. The summed E-state index contributed by atoms with van der Waals surface area (Å²) in [6, 6.07) is 12.0. The Labute approximate surface area is 200 Å². The molecule has 174 valence electrons. The fraction of sp³-hybridized carbons (Fsp3) is 0.462. The first-order chi connectivity index (χ1) is 16.1. The van der Waals surface area contributed by atoms with Crippen LogP contribution in [0.2, 0.25) is 5.02 Å². The lowest BCUT2D eigenvalue weighted by Crippen LogP contribution is -2.63. The van der Waals surface area contributed by atoms with Gasteiger partial charge in [0, 0.05) is 55.5 Å². The molecule has 1 saturated heterocycles. The highest BCUT2D eigenvalue weighted by molar-refractivity contribution is 6.37. The number of amides is 1. The Morgan fingerprint density at radius 2 is 2.06 bits per heavy atom. The van der Waals surface area contributed by atoms with Crippen molar-refractivity contribution >= 4 is 28.4 Å². The smallest absolute Gasteiger partial charge is 0.253 e. The number of hydrogen-bond acceptors (Lipinski definition) is 4. The highest BCUT2D eigenvalue weighted by Gasteiger charge is 2.39. The fourth-order valence-corrected chi connectivity index (χ4v) is 5.89. The van der Waals surface area contributed by atoms with E-state index in [4.69, 9.17) is 11.6 Å².